The highest BCUT2D eigenvalue weighted by molar-refractivity contribution is 6.10. The third-order valence-electron chi connectivity index (χ3n) is 8.01. The predicted molar refractivity (Wildman–Crippen MR) is 173 cm³/mol. The number of hydrogen-bond acceptors (Lipinski definition) is 4. The summed E-state index contributed by atoms with van der Waals surface area (Å²) in [6, 6.07) is 23.0. The van der Waals surface area contributed by atoms with E-state index in [0.29, 0.717) is 11.6 Å². The molecule has 0 radical (unpaired) electrons. The van der Waals surface area contributed by atoms with Crippen LogP contribution in [-0.4, -0.2) is 28.7 Å². The molecule has 0 amide bonds. The Morgan fingerprint density at radius 2 is 1.80 bits per heavy atom. The minimum Gasteiger partial charge on any atom is -0.438 e. The van der Waals surface area contributed by atoms with Gasteiger partial charge in [-0.25, -0.2) is 4.98 Å². The fraction of sp³-hybridized carbons (Fsp3) is 0.243. The summed E-state index contributed by atoms with van der Waals surface area (Å²) in [4.78, 5) is 12.1. The van der Waals surface area contributed by atoms with E-state index >= 15 is 0 Å². The highest BCUT2D eigenvalue weighted by atomic mass is 16.3. The van der Waals surface area contributed by atoms with Crippen molar-refractivity contribution in [2.24, 2.45) is 10.9 Å². The minimum absolute atomic E-state index is 0.0577. The van der Waals surface area contributed by atoms with E-state index in [0.717, 1.165) is 51.5 Å². The van der Waals surface area contributed by atoms with Crippen LogP contribution in [0.15, 0.2) is 113 Å². The van der Waals surface area contributed by atoms with Crippen LogP contribution in [0.1, 0.15) is 50.7 Å². The molecule has 3 heterocycles. The molecule has 41 heavy (non-hydrogen) atoms. The van der Waals surface area contributed by atoms with Gasteiger partial charge >= 0.3 is 0 Å². The smallest absolute Gasteiger partial charge is 0.227 e. The third-order valence-corrected chi connectivity index (χ3v) is 8.01. The molecule has 0 fully saturated rings. The van der Waals surface area contributed by atoms with Crippen molar-refractivity contribution < 1.29 is 4.42 Å². The molecule has 0 bridgehead atoms. The number of aliphatic imine (C=N–C) groups is 1. The van der Waals surface area contributed by atoms with Crippen LogP contribution in [0.4, 0.5) is 0 Å². The molecule has 1 aliphatic heterocycles. The highest BCUT2D eigenvalue weighted by Gasteiger charge is 2.32. The van der Waals surface area contributed by atoms with E-state index in [1.165, 1.54) is 11.1 Å². The largest absolute Gasteiger partial charge is 0.438 e. The van der Waals surface area contributed by atoms with Crippen molar-refractivity contribution in [1.29, 1.82) is 0 Å². The Balaban J connectivity index is 1.45. The van der Waals surface area contributed by atoms with E-state index in [1.54, 1.807) is 0 Å². The Labute approximate surface area is 243 Å². The van der Waals surface area contributed by atoms with Crippen molar-refractivity contribution in [1.82, 2.24) is 9.88 Å². The van der Waals surface area contributed by atoms with Gasteiger partial charge in [-0.3, -0.25) is 4.99 Å². The zero-order valence-corrected chi connectivity index (χ0v) is 24.5. The Kier molecular flexibility index (Phi) is 8.49. The van der Waals surface area contributed by atoms with Crippen molar-refractivity contribution in [3.8, 4) is 11.3 Å². The van der Waals surface area contributed by atoms with Gasteiger partial charge < -0.3 is 9.32 Å². The molecule has 0 aliphatic carbocycles. The van der Waals surface area contributed by atoms with Crippen molar-refractivity contribution in [2.75, 3.05) is 7.05 Å². The van der Waals surface area contributed by atoms with Crippen LogP contribution in [0.2, 0.25) is 0 Å². The number of pyridine rings is 1. The molecule has 2 aromatic heterocycles. The summed E-state index contributed by atoms with van der Waals surface area (Å²) in [5, 5.41) is 2.14. The van der Waals surface area contributed by atoms with Crippen LogP contribution in [-0.2, 0) is 0 Å². The Morgan fingerprint density at radius 3 is 2.54 bits per heavy atom. The molecule has 0 saturated heterocycles. The van der Waals surface area contributed by atoms with Crippen LogP contribution in [0.25, 0.3) is 34.5 Å². The summed E-state index contributed by atoms with van der Waals surface area (Å²) >= 11 is 0. The van der Waals surface area contributed by atoms with E-state index in [-0.39, 0.29) is 12.0 Å². The molecule has 1 aliphatic rings. The molecule has 4 aromatic rings. The summed E-state index contributed by atoms with van der Waals surface area (Å²) in [5.41, 5.74) is 7.96. The van der Waals surface area contributed by atoms with Crippen molar-refractivity contribution in [3.63, 3.8) is 0 Å². The normalized spacial score (nSPS) is 18.4. The average Bonchev–Trinajstić information content (AvgIpc) is 3.35. The van der Waals surface area contributed by atoms with Crippen LogP contribution in [0, 0.1) is 5.92 Å². The monoisotopic (exact) mass is 541 g/mol. The standard InChI is InChI=1S/C37H39N3O/c1-7-23-40(6)26(5)36-31(29-17-13-14-18-30(29)33(9-3)38-36)20-19-25(4)24-35-28(8-2)32-21-22-34(39-37(32)41-35)27-15-11-10-12-16-27/h7-18,21-25,31,36H,3,5,19-20H2,1-2,4,6H3/b23-7-,28-8-,35-24+. The molecule has 0 spiro atoms. The van der Waals surface area contributed by atoms with E-state index in [2.05, 4.69) is 92.6 Å². The first-order chi connectivity index (χ1) is 19.9. The summed E-state index contributed by atoms with van der Waals surface area (Å²) in [6.45, 7) is 14.8. The molecule has 0 saturated carbocycles. The van der Waals surface area contributed by atoms with Gasteiger partial charge in [0, 0.05) is 40.4 Å². The lowest BCUT2D eigenvalue weighted by Crippen LogP contribution is -2.32. The van der Waals surface area contributed by atoms with Crippen LogP contribution in [0.3, 0.4) is 0 Å². The molecule has 3 unspecified atom stereocenters. The van der Waals surface area contributed by atoms with Crippen LogP contribution in [0.5, 0.6) is 0 Å². The predicted octanol–water partition coefficient (Wildman–Crippen LogP) is 7.61. The van der Waals surface area contributed by atoms with E-state index in [4.69, 9.17) is 14.4 Å². The molecule has 5 rings (SSSR count). The van der Waals surface area contributed by atoms with Crippen molar-refractivity contribution in [2.45, 2.75) is 45.6 Å². The zero-order valence-electron chi connectivity index (χ0n) is 24.5. The quantitative estimate of drug-likeness (QED) is 0.219. The maximum absolute atomic E-state index is 6.36. The van der Waals surface area contributed by atoms with Gasteiger partial charge in [0.2, 0.25) is 5.71 Å². The first kappa shape index (κ1) is 28.1. The second kappa shape index (κ2) is 12.4. The second-order valence-electron chi connectivity index (χ2n) is 10.7. The van der Waals surface area contributed by atoms with Crippen LogP contribution < -0.4 is 10.6 Å². The van der Waals surface area contributed by atoms with Gasteiger partial charge in [-0.15, -0.1) is 0 Å². The first-order valence-electron chi connectivity index (χ1n) is 14.4. The third kappa shape index (κ3) is 5.74. The van der Waals surface area contributed by atoms with Gasteiger partial charge in [0.15, 0.2) is 0 Å². The number of nitrogens with zero attached hydrogens (tertiary/aromatic N) is 3. The van der Waals surface area contributed by atoms with Crippen molar-refractivity contribution in [3.05, 3.63) is 126 Å². The number of fused-ring (bicyclic) bond motifs is 2. The maximum atomic E-state index is 6.36. The summed E-state index contributed by atoms with van der Waals surface area (Å²) in [7, 11) is 2.04. The zero-order chi connectivity index (χ0) is 28.9. The van der Waals surface area contributed by atoms with E-state index in [1.807, 2.05) is 50.5 Å². The van der Waals surface area contributed by atoms with Gasteiger partial charge in [0.25, 0.3) is 0 Å². The summed E-state index contributed by atoms with van der Waals surface area (Å²) in [5.74, 6) is 0.510. The summed E-state index contributed by atoms with van der Waals surface area (Å²) < 4.78 is 6.36. The van der Waals surface area contributed by atoms with Gasteiger partial charge in [-0.05, 0) is 68.7 Å². The molecule has 0 N–H and O–H groups in total. The second-order valence-corrected chi connectivity index (χ2v) is 10.7. The van der Waals surface area contributed by atoms with E-state index in [9.17, 15) is 0 Å². The fourth-order valence-corrected chi connectivity index (χ4v) is 5.83. The van der Waals surface area contributed by atoms with Crippen molar-refractivity contribution >= 4 is 29.0 Å². The number of rotatable bonds is 9. The molecule has 3 atom stereocenters. The molecule has 2 aromatic carbocycles. The number of benzene rings is 2. The number of aromatic nitrogens is 1. The molecular formula is C37H39N3O. The average molecular weight is 542 g/mol. The lowest BCUT2D eigenvalue weighted by molar-refractivity contribution is 0.427. The Morgan fingerprint density at radius 1 is 1.05 bits per heavy atom. The number of furan rings is 1. The number of allylic oxidation sites excluding steroid dienone is 2. The topological polar surface area (TPSA) is 41.6 Å². The number of likely N-dealkylation sites (N-methyl/N-ethyl adjacent to an activating group) is 1. The first-order valence-corrected chi connectivity index (χ1v) is 14.4. The fourth-order valence-electron chi connectivity index (χ4n) is 5.83. The molecule has 4 nitrogen and oxygen atoms in total. The molecule has 208 valence electrons. The van der Waals surface area contributed by atoms with E-state index < -0.39 is 0 Å². The lowest BCUT2D eigenvalue weighted by atomic mass is 9.78. The Hall–Kier alpha value is -4.44. The summed E-state index contributed by atoms with van der Waals surface area (Å²) in [6.07, 6.45) is 12.3. The minimum atomic E-state index is -0.0577. The SMILES string of the molecule is C=CC1=NC(C(=C)N(C)/C=C\C)C(CCC(C)/C=c2/oc3nc(-c4ccccc4)ccc3/c2=C/C)c2ccccc21. The molecular weight excluding hydrogens is 502 g/mol. The number of hydrogen-bond donors (Lipinski definition) is 0. The van der Waals surface area contributed by atoms with Gasteiger partial charge in [-0.2, -0.15) is 0 Å². The van der Waals surface area contributed by atoms with Gasteiger partial charge in [-0.1, -0.05) is 86.8 Å². The lowest BCUT2D eigenvalue weighted by Gasteiger charge is -2.35. The molecule has 4 heteroatoms. The highest BCUT2D eigenvalue weighted by Crippen LogP contribution is 2.38. The maximum Gasteiger partial charge on any atom is 0.227 e. The van der Waals surface area contributed by atoms with Gasteiger partial charge in [0.1, 0.15) is 5.42 Å². The van der Waals surface area contributed by atoms with Crippen LogP contribution >= 0.6 is 0 Å². The van der Waals surface area contributed by atoms with Gasteiger partial charge in [0.05, 0.1) is 17.4 Å². The Bertz CT molecular complexity index is 1740.